The molecule has 0 amide bonds. The molecule has 0 aliphatic carbocycles. The van der Waals surface area contributed by atoms with Crippen molar-refractivity contribution in [3.8, 4) is 5.75 Å². The lowest BCUT2D eigenvalue weighted by Crippen LogP contribution is -2.16. The maximum atomic E-state index is 13.2. The predicted octanol–water partition coefficient (Wildman–Crippen LogP) is 6.27. The summed E-state index contributed by atoms with van der Waals surface area (Å²) < 4.78 is 18.7. The van der Waals surface area contributed by atoms with Crippen molar-refractivity contribution in [3.05, 3.63) is 94.8 Å². The topological polar surface area (TPSA) is 38.3 Å². The van der Waals surface area contributed by atoms with E-state index in [4.69, 9.17) is 4.74 Å². The van der Waals surface area contributed by atoms with Crippen LogP contribution in [0.2, 0.25) is 0 Å². The first kappa shape index (κ1) is 20.6. The highest BCUT2D eigenvalue weighted by atomic mass is 19.1. The molecule has 0 fully saturated rings. The molecule has 0 aromatic heterocycles. The normalized spacial score (nSPS) is 11.7. The van der Waals surface area contributed by atoms with Crippen molar-refractivity contribution in [2.24, 2.45) is 0 Å². The molecule has 4 heteroatoms. The Morgan fingerprint density at radius 1 is 0.966 bits per heavy atom. The summed E-state index contributed by atoms with van der Waals surface area (Å²) in [6.45, 7) is 6.68. The van der Waals surface area contributed by atoms with Crippen molar-refractivity contribution in [1.29, 1.82) is 0 Å². The van der Waals surface area contributed by atoms with E-state index in [1.54, 1.807) is 0 Å². The summed E-state index contributed by atoms with van der Waals surface area (Å²) in [5.41, 5.74) is 4.85. The van der Waals surface area contributed by atoms with Crippen LogP contribution in [-0.2, 0) is 0 Å². The smallest absolute Gasteiger partial charge is 0.165 e. The lowest BCUT2D eigenvalue weighted by Gasteiger charge is -2.21. The highest BCUT2D eigenvalue weighted by molar-refractivity contribution is 5.96. The van der Waals surface area contributed by atoms with E-state index in [9.17, 15) is 9.18 Å². The first-order valence-corrected chi connectivity index (χ1v) is 9.81. The van der Waals surface area contributed by atoms with Gasteiger partial charge in [-0.3, -0.25) is 4.79 Å². The molecular formula is C25H26FNO2. The fourth-order valence-electron chi connectivity index (χ4n) is 3.19. The van der Waals surface area contributed by atoms with Crippen LogP contribution in [0, 0.1) is 19.7 Å². The van der Waals surface area contributed by atoms with Gasteiger partial charge in [0.25, 0.3) is 0 Å². The Kier molecular flexibility index (Phi) is 6.65. The van der Waals surface area contributed by atoms with Gasteiger partial charge in [0, 0.05) is 17.7 Å². The van der Waals surface area contributed by atoms with E-state index in [2.05, 4.69) is 31.3 Å². The van der Waals surface area contributed by atoms with E-state index in [-0.39, 0.29) is 24.1 Å². The van der Waals surface area contributed by atoms with Gasteiger partial charge in [-0.25, -0.2) is 4.39 Å². The quantitative estimate of drug-likeness (QED) is 0.460. The van der Waals surface area contributed by atoms with Crippen LogP contribution in [0.15, 0.2) is 66.7 Å². The van der Waals surface area contributed by atoms with Gasteiger partial charge in [-0.1, -0.05) is 18.2 Å². The Labute approximate surface area is 171 Å². The number of ether oxygens (including phenoxy) is 1. The minimum atomic E-state index is -0.349. The van der Waals surface area contributed by atoms with E-state index in [0.29, 0.717) is 12.2 Å². The summed E-state index contributed by atoms with van der Waals surface area (Å²) in [6, 6.07) is 19.4. The van der Waals surface area contributed by atoms with Crippen LogP contribution in [0.1, 0.15) is 46.4 Å². The highest BCUT2D eigenvalue weighted by Crippen LogP contribution is 2.27. The van der Waals surface area contributed by atoms with Crippen LogP contribution in [0.25, 0.3) is 0 Å². The molecule has 150 valence electrons. The number of hydrogen-bond donors (Lipinski definition) is 1. The molecule has 0 heterocycles. The third-order valence-electron chi connectivity index (χ3n) is 5.00. The van der Waals surface area contributed by atoms with Crippen LogP contribution < -0.4 is 10.1 Å². The summed E-state index contributed by atoms with van der Waals surface area (Å²) in [5, 5.41) is 3.49. The molecular weight excluding hydrogens is 365 g/mol. The Morgan fingerprint density at radius 2 is 1.66 bits per heavy atom. The molecule has 0 radical (unpaired) electrons. The van der Waals surface area contributed by atoms with Crippen molar-refractivity contribution in [3.63, 3.8) is 0 Å². The fourth-order valence-corrected chi connectivity index (χ4v) is 3.19. The molecule has 1 N–H and O–H groups in total. The number of aryl methyl sites for hydroxylation is 2. The van der Waals surface area contributed by atoms with Crippen LogP contribution in [-0.4, -0.2) is 12.4 Å². The third kappa shape index (κ3) is 5.44. The lowest BCUT2D eigenvalue weighted by atomic mass is 9.97. The monoisotopic (exact) mass is 391 g/mol. The van der Waals surface area contributed by atoms with Gasteiger partial charge in [0.15, 0.2) is 5.78 Å². The molecule has 3 aromatic rings. The first-order valence-electron chi connectivity index (χ1n) is 9.81. The largest absolute Gasteiger partial charge is 0.494 e. The average molecular weight is 391 g/mol. The molecule has 0 aliphatic rings. The summed E-state index contributed by atoms with van der Waals surface area (Å²) >= 11 is 0. The van der Waals surface area contributed by atoms with Gasteiger partial charge in [0.2, 0.25) is 0 Å². The summed E-state index contributed by atoms with van der Waals surface area (Å²) in [6.07, 6.45) is 0.256. The number of benzene rings is 3. The van der Waals surface area contributed by atoms with E-state index in [0.717, 1.165) is 17.0 Å². The Bertz CT molecular complexity index is 965. The SMILES string of the molecule is CCOc1ccc(C(CC(=O)c2ccc(F)cc2)Nc2ccc(C)c(C)c2)cc1. The number of anilines is 1. The lowest BCUT2D eigenvalue weighted by molar-refractivity contribution is 0.0976. The van der Waals surface area contributed by atoms with Crippen molar-refractivity contribution in [2.75, 3.05) is 11.9 Å². The van der Waals surface area contributed by atoms with Gasteiger partial charge < -0.3 is 10.1 Å². The predicted molar refractivity (Wildman–Crippen MR) is 115 cm³/mol. The van der Waals surface area contributed by atoms with Crippen molar-refractivity contribution in [1.82, 2.24) is 0 Å². The van der Waals surface area contributed by atoms with Crippen LogP contribution in [0.4, 0.5) is 10.1 Å². The maximum Gasteiger partial charge on any atom is 0.165 e. The Hall–Kier alpha value is -3.14. The van der Waals surface area contributed by atoms with Crippen molar-refractivity contribution in [2.45, 2.75) is 33.2 Å². The van der Waals surface area contributed by atoms with Gasteiger partial charge >= 0.3 is 0 Å². The van der Waals surface area contributed by atoms with Gasteiger partial charge in [-0.2, -0.15) is 0 Å². The minimum Gasteiger partial charge on any atom is -0.494 e. The van der Waals surface area contributed by atoms with E-state index >= 15 is 0 Å². The van der Waals surface area contributed by atoms with Gasteiger partial charge in [0.1, 0.15) is 11.6 Å². The number of ketones is 1. The third-order valence-corrected chi connectivity index (χ3v) is 5.00. The van der Waals surface area contributed by atoms with Crippen LogP contribution in [0.3, 0.4) is 0 Å². The summed E-state index contributed by atoms with van der Waals surface area (Å²) in [4.78, 5) is 12.8. The molecule has 0 saturated heterocycles. The van der Waals surface area contributed by atoms with E-state index in [1.807, 2.05) is 37.3 Å². The fraction of sp³-hybridized carbons (Fsp3) is 0.240. The number of rotatable bonds is 8. The number of carbonyl (C=O) groups excluding carboxylic acids is 1. The number of hydrogen-bond acceptors (Lipinski definition) is 3. The van der Waals surface area contributed by atoms with Crippen LogP contribution in [0.5, 0.6) is 5.75 Å². The zero-order valence-electron chi connectivity index (χ0n) is 17.0. The first-order chi connectivity index (χ1) is 14.0. The van der Waals surface area contributed by atoms with Crippen molar-refractivity contribution < 1.29 is 13.9 Å². The second-order valence-electron chi connectivity index (χ2n) is 7.13. The number of nitrogens with one attached hydrogen (secondary N) is 1. The summed E-state index contributed by atoms with van der Waals surface area (Å²) in [7, 11) is 0. The molecule has 29 heavy (non-hydrogen) atoms. The molecule has 3 nitrogen and oxygen atoms in total. The zero-order valence-corrected chi connectivity index (χ0v) is 17.0. The number of halogens is 1. The van der Waals surface area contributed by atoms with E-state index in [1.165, 1.54) is 35.4 Å². The second-order valence-corrected chi connectivity index (χ2v) is 7.13. The van der Waals surface area contributed by atoms with Gasteiger partial charge in [-0.05, 0) is 86.0 Å². The van der Waals surface area contributed by atoms with E-state index < -0.39 is 0 Å². The van der Waals surface area contributed by atoms with Gasteiger partial charge in [-0.15, -0.1) is 0 Å². The molecule has 0 aliphatic heterocycles. The number of carbonyl (C=O) groups is 1. The molecule has 3 rings (SSSR count). The average Bonchev–Trinajstić information content (AvgIpc) is 2.71. The molecule has 0 spiro atoms. The maximum absolute atomic E-state index is 13.2. The molecule has 1 atom stereocenters. The number of Topliss-reactive ketones (excluding diaryl/α,β-unsaturated/α-hetero) is 1. The Balaban J connectivity index is 1.86. The van der Waals surface area contributed by atoms with Crippen molar-refractivity contribution >= 4 is 11.5 Å². The molecule has 1 unspecified atom stereocenters. The minimum absolute atomic E-state index is 0.0415. The zero-order chi connectivity index (χ0) is 20.8. The standard InChI is InChI=1S/C25H26FNO2/c1-4-29-23-13-8-19(9-14-23)24(27-22-12-5-17(2)18(3)15-22)16-25(28)20-6-10-21(26)11-7-20/h5-15,24,27H,4,16H2,1-3H3. The molecule has 0 bridgehead atoms. The Morgan fingerprint density at radius 3 is 2.28 bits per heavy atom. The summed E-state index contributed by atoms with van der Waals surface area (Å²) in [5.74, 6) is 0.407. The highest BCUT2D eigenvalue weighted by Gasteiger charge is 2.18. The second kappa shape index (κ2) is 9.37. The van der Waals surface area contributed by atoms with Crippen LogP contribution >= 0.6 is 0 Å². The van der Waals surface area contributed by atoms with Gasteiger partial charge in [0.05, 0.1) is 12.6 Å². The molecule has 3 aromatic carbocycles. The molecule has 0 saturated carbocycles.